The van der Waals surface area contributed by atoms with Crippen LogP contribution in [0.3, 0.4) is 0 Å². The minimum Gasteiger partial charge on any atom is -0.392 e. The Balaban J connectivity index is 2.92. The zero-order chi connectivity index (χ0) is 10.6. The highest BCUT2D eigenvalue weighted by Crippen LogP contribution is 2.30. The fourth-order valence-corrected chi connectivity index (χ4v) is 2.13. The van der Waals surface area contributed by atoms with E-state index in [1.54, 1.807) is 12.1 Å². The normalized spacial score (nSPS) is 12.9. The van der Waals surface area contributed by atoms with Crippen LogP contribution in [0.5, 0.6) is 0 Å². The zero-order valence-electron chi connectivity index (χ0n) is 8.46. The molecule has 0 heterocycles. The molecular formula is C11H15FOS. The molecule has 1 aromatic rings. The van der Waals surface area contributed by atoms with Crippen molar-refractivity contribution in [1.82, 2.24) is 0 Å². The SMILES string of the molecule is CCC(C)Sc1c(F)cccc1CO. The Hall–Kier alpha value is -0.540. The third-order valence-corrected chi connectivity index (χ3v) is 3.54. The van der Waals surface area contributed by atoms with Gasteiger partial charge in [-0.2, -0.15) is 0 Å². The van der Waals surface area contributed by atoms with Crippen molar-refractivity contribution < 1.29 is 9.50 Å². The van der Waals surface area contributed by atoms with E-state index in [1.807, 2.05) is 0 Å². The van der Waals surface area contributed by atoms with Gasteiger partial charge in [-0.1, -0.05) is 26.0 Å². The maximum absolute atomic E-state index is 13.4. The van der Waals surface area contributed by atoms with Crippen LogP contribution in [-0.4, -0.2) is 10.4 Å². The van der Waals surface area contributed by atoms with Crippen molar-refractivity contribution in [2.24, 2.45) is 0 Å². The number of aliphatic hydroxyl groups is 1. The molecule has 0 aromatic heterocycles. The summed E-state index contributed by atoms with van der Waals surface area (Å²) in [5.41, 5.74) is 0.676. The van der Waals surface area contributed by atoms with Gasteiger partial charge in [0.1, 0.15) is 5.82 Å². The summed E-state index contributed by atoms with van der Waals surface area (Å²) in [5.74, 6) is -0.234. The van der Waals surface area contributed by atoms with E-state index < -0.39 is 0 Å². The molecule has 0 fully saturated rings. The van der Waals surface area contributed by atoms with E-state index in [0.29, 0.717) is 15.7 Å². The van der Waals surface area contributed by atoms with Crippen molar-refractivity contribution in [3.63, 3.8) is 0 Å². The summed E-state index contributed by atoms with van der Waals surface area (Å²) in [7, 11) is 0. The highest BCUT2D eigenvalue weighted by molar-refractivity contribution is 8.00. The van der Waals surface area contributed by atoms with Gasteiger partial charge in [0.15, 0.2) is 0 Å². The molecule has 0 aliphatic heterocycles. The van der Waals surface area contributed by atoms with Gasteiger partial charge < -0.3 is 5.11 Å². The smallest absolute Gasteiger partial charge is 0.137 e. The second kappa shape index (κ2) is 5.37. The molecule has 1 N–H and O–H groups in total. The average Bonchev–Trinajstić information content (AvgIpc) is 2.20. The van der Waals surface area contributed by atoms with Crippen molar-refractivity contribution >= 4 is 11.8 Å². The topological polar surface area (TPSA) is 20.2 Å². The summed E-state index contributed by atoms with van der Waals surface area (Å²) < 4.78 is 13.4. The lowest BCUT2D eigenvalue weighted by molar-refractivity contribution is 0.277. The third kappa shape index (κ3) is 2.72. The monoisotopic (exact) mass is 214 g/mol. The maximum Gasteiger partial charge on any atom is 0.137 e. The van der Waals surface area contributed by atoms with Gasteiger partial charge in [-0.05, 0) is 18.1 Å². The average molecular weight is 214 g/mol. The molecule has 78 valence electrons. The molecule has 0 saturated carbocycles. The van der Waals surface area contributed by atoms with E-state index in [0.717, 1.165) is 6.42 Å². The van der Waals surface area contributed by atoms with Crippen molar-refractivity contribution in [1.29, 1.82) is 0 Å². The van der Waals surface area contributed by atoms with Crippen LogP contribution in [0, 0.1) is 5.82 Å². The molecule has 0 amide bonds. The second-order valence-electron chi connectivity index (χ2n) is 3.22. The van der Waals surface area contributed by atoms with Gasteiger partial charge >= 0.3 is 0 Å². The first-order valence-corrected chi connectivity index (χ1v) is 5.61. The van der Waals surface area contributed by atoms with Gasteiger partial charge in [0.2, 0.25) is 0 Å². The van der Waals surface area contributed by atoms with Crippen LogP contribution in [0.15, 0.2) is 23.1 Å². The van der Waals surface area contributed by atoms with E-state index in [1.165, 1.54) is 17.8 Å². The lowest BCUT2D eigenvalue weighted by atomic mass is 10.2. The summed E-state index contributed by atoms with van der Waals surface area (Å²) in [5, 5.41) is 9.42. The first-order valence-electron chi connectivity index (χ1n) is 4.74. The van der Waals surface area contributed by atoms with E-state index in [-0.39, 0.29) is 12.4 Å². The number of hydrogen-bond acceptors (Lipinski definition) is 2. The van der Waals surface area contributed by atoms with Crippen LogP contribution in [0.25, 0.3) is 0 Å². The molecule has 14 heavy (non-hydrogen) atoms. The quantitative estimate of drug-likeness (QED) is 0.777. The Morgan fingerprint density at radius 2 is 2.21 bits per heavy atom. The van der Waals surface area contributed by atoms with Crippen LogP contribution < -0.4 is 0 Å². The summed E-state index contributed by atoms with van der Waals surface area (Å²) in [6, 6.07) is 4.82. The Morgan fingerprint density at radius 3 is 2.79 bits per heavy atom. The van der Waals surface area contributed by atoms with Gasteiger partial charge in [0.05, 0.1) is 6.61 Å². The van der Waals surface area contributed by atoms with Gasteiger partial charge in [0.25, 0.3) is 0 Å². The predicted octanol–water partition coefficient (Wildman–Crippen LogP) is 3.21. The van der Waals surface area contributed by atoms with Crippen LogP contribution in [0.4, 0.5) is 4.39 Å². The van der Waals surface area contributed by atoms with E-state index >= 15 is 0 Å². The van der Waals surface area contributed by atoms with Crippen LogP contribution >= 0.6 is 11.8 Å². The molecule has 0 aliphatic carbocycles. The molecule has 0 spiro atoms. The largest absolute Gasteiger partial charge is 0.392 e. The van der Waals surface area contributed by atoms with Crippen molar-refractivity contribution in [3.05, 3.63) is 29.6 Å². The standard InChI is InChI=1S/C11H15FOS/c1-3-8(2)14-11-9(7-13)5-4-6-10(11)12/h4-6,8,13H,3,7H2,1-2H3. The van der Waals surface area contributed by atoms with Crippen molar-refractivity contribution in [3.8, 4) is 0 Å². The van der Waals surface area contributed by atoms with Crippen molar-refractivity contribution in [2.45, 2.75) is 37.0 Å². The molecule has 1 atom stereocenters. The number of rotatable bonds is 4. The third-order valence-electron chi connectivity index (χ3n) is 2.11. The van der Waals surface area contributed by atoms with Crippen molar-refractivity contribution in [2.75, 3.05) is 0 Å². The van der Waals surface area contributed by atoms with Gasteiger partial charge in [-0.25, -0.2) is 4.39 Å². The highest BCUT2D eigenvalue weighted by Gasteiger charge is 2.11. The minimum absolute atomic E-state index is 0.101. The second-order valence-corrected chi connectivity index (χ2v) is 4.67. The Kier molecular flexibility index (Phi) is 4.42. The minimum atomic E-state index is -0.234. The summed E-state index contributed by atoms with van der Waals surface area (Å²) in [6.45, 7) is 4.02. The first kappa shape index (κ1) is 11.5. The van der Waals surface area contributed by atoms with Gasteiger partial charge in [0, 0.05) is 10.1 Å². The molecule has 1 nitrogen and oxygen atoms in total. The first-order chi connectivity index (χ1) is 6.69. The molecule has 0 bridgehead atoms. The van der Waals surface area contributed by atoms with E-state index in [4.69, 9.17) is 5.11 Å². The summed E-state index contributed by atoms with van der Waals surface area (Å²) >= 11 is 1.49. The highest BCUT2D eigenvalue weighted by atomic mass is 32.2. The molecule has 1 rings (SSSR count). The van der Waals surface area contributed by atoms with Crippen LogP contribution in [0.1, 0.15) is 25.8 Å². The van der Waals surface area contributed by atoms with Crippen LogP contribution in [-0.2, 0) is 6.61 Å². The number of aliphatic hydroxyl groups excluding tert-OH is 1. The maximum atomic E-state index is 13.4. The lowest BCUT2D eigenvalue weighted by Gasteiger charge is -2.12. The lowest BCUT2D eigenvalue weighted by Crippen LogP contribution is -1.98. The molecular weight excluding hydrogens is 199 g/mol. The molecule has 0 saturated heterocycles. The fourth-order valence-electron chi connectivity index (χ4n) is 1.09. The van der Waals surface area contributed by atoms with Crippen LogP contribution in [0.2, 0.25) is 0 Å². The van der Waals surface area contributed by atoms with E-state index in [2.05, 4.69) is 13.8 Å². The molecule has 0 radical (unpaired) electrons. The molecule has 0 aliphatic rings. The Labute approximate surface area is 88.3 Å². The molecule has 1 aromatic carbocycles. The summed E-state index contributed by atoms with van der Waals surface area (Å²) in [4.78, 5) is 0.587. The number of benzene rings is 1. The zero-order valence-corrected chi connectivity index (χ0v) is 9.27. The number of hydrogen-bond donors (Lipinski definition) is 1. The predicted molar refractivity (Wildman–Crippen MR) is 57.9 cm³/mol. The Bertz CT molecular complexity index is 301. The molecule has 3 heteroatoms. The van der Waals surface area contributed by atoms with Gasteiger partial charge in [-0.15, -0.1) is 11.8 Å². The molecule has 1 unspecified atom stereocenters. The number of halogens is 1. The van der Waals surface area contributed by atoms with E-state index in [9.17, 15) is 4.39 Å². The Morgan fingerprint density at radius 1 is 1.50 bits per heavy atom. The van der Waals surface area contributed by atoms with Gasteiger partial charge in [-0.3, -0.25) is 0 Å². The fraction of sp³-hybridized carbons (Fsp3) is 0.455. The number of thioether (sulfide) groups is 1. The summed E-state index contributed by atoms with van der Waals surface area (Å²) in [6.07, 6.45) is 0.990.